The van der Waals surface area contributed by atoms with E-state index in [0.29, 0.717) is 25.6 Å². The summed E-state index contributed by atoms with van der Waals surface area (Å²) in [7, 11) is 0. The van der Waals surface area contributed by atoms with Gasteiger partial charge in [-0.05, 0) is 31.7 Å². The first-order valence-electron chi connectivity index (χ1n) is 8.60. The van der Waals surface area contributed by atoms with Crippen LogP contribution in [-0.4, -0.2) is 47.0 Å². The molecule has 1 heterocycles. The third kappa shape index (κ3) is 4.03. The second-order valence-corrected chi connectivity index (χ2v) is 6.74. The molecule has 1 aliphatic carbocycles. The maximum atomic E-state index is 13.6. The lowest BCUT2D eigenvalue weighted by molar-refractivity contribution is 0.119. The van der Waals surface area contributed by atoms with Crippen molar-refractivity contribution >= 4 is 12.1 Å². The molecule has 1 aliphatic heterocycles. The van der Waals surface area contributed by atoms with Crippen molar-refractivity contribution in [3.05, 3.63) is 35.1 Å². The minimum absolute atomic E-state index is 0.137. The number of carbonyl (C=O) groups excluding carboxylic acids is 2. The van der Waals surface area contributed by atoms with Crippen molar-refractivity contribution < 1.29 is 22.8 Å². The summed E-state index contributed by atoms with van der Waals surface area (Å²) in [5.74, 6) is -3.37. The zero-order valence-corrected chi connectivity index (χ0v) is 14.2. The van der Waals surface area contributed by atoms with Gasteiger partial charge in [0.15, 0.2) is 11.6 Å². The van der Waals surface area contributed by atoms with Crippen LogP contribution in [0.1, 0.15) is 31.2 Å². The number of hydrogen-bond donors (Lipinski definition) is 2. The molecule has 0 unspecified atom stereocenters. The van der Waals surface area contributed by atoms with Crippen molar-refractivity contribution in [2.45, 2.75) is 44.3 Å². The number of nitrogens with one attached hydrogen (secondary N) is 1. The number of halogens is 3. The minimum atomic E-state index is -1.27. The number of amides is 4. The molecule has 3 rings (SSSR count). The molecule has 6 nitrogen and oxygen atoms in total. The smallest absolute Gasteiger partial charge is 0.317 e. The van der Waals surface area contributed by atoms with Gasteiger partial charge in [0, 0.05) is 37.3 Å². The predicted molar refractivity (Wildman–Crippen MR) is 87.6 cm³/mol. The van der Waals surface area contributed by atoms with Crippen molar-refractivity contribution in [1.29, 1.82) is 0 Å². The Kier molecular flexibility index (Phi) is 5.24. The van der Waals surface area contributed by atoms with Crippen molar-refractivity contribution in [2.24, 2.45) is 5.73 Å². The standard InChI is InChI=1S/C17H21F3N4O2/c18-13-7-15(20)14(19)6-10(13)8-22-17(26)23-5-1-2-12(9-23)24(16(21)25)11-3-4-11/h6-7,11-12H,1-5,8-9H2,(H2,21,25)(H,22,26)/t12-/m1/s1. The van der Waals surface area contributed by atoms with Crippen molar-refractivity contribution in [1.82, 2.24) is 15.1 Å². The summed E-state index contributed by atoms with van der Waals surface area (Å²) >= 11 is 0. The molecule has 0 spiro atoms. The molecule has 2 aliphatic rings. The van der Waals surface area contributed by atoms with Gasteiger partial charge in [-0.3, -0.25) is 0 Å². The van der Waals surface area contributed by atoms with Crippen molar-refractivity contribution in [3.8, 4) is 0 Å². The van der Waals surface area contributed by atoms with Gasteiger partial charge in [-0.1, -0.05) is 0 Å². The number of carbonyl (C=O) groups is 2. The van der Waals surface area contributed by atoms with Gasteiger partial charge in [0.1, 0.15) is 5.82 Å². The number of rotatable bonds is 4. The molecule has 9 heteroatoms. The Labute approximate surface area is 149 Å². The topological polar surface area (TPSA) is 78.7 Å². The number of nitrogens with two attached hydrogens (primary N) is 1. The lowest BCUT2D eigenvalue weighted by Gasteiger charge is -2.38. The van der Waals surface area contributed by atoms with E-state index >= 15 is 0 Å². The fourth-order valence-electron chi connectivity index (χ4n) is 3.36. The van der Waals surface area contributed by atoms with Gasteiger partial charge in [0.05, 0.1) is 6.04 Å². The van der Waals surface area contributed by atoms with Gasteiger partial charge in [-0.2, -0.15) is 0 Å². The van der Waals surface area contributed by atoms with E-state index < -0.39 is 29.5 Å². The highest BCUT2D eigenvalue weighted by atomic mass is 19.2. The number of nitrogens with zero attached hydrogens (tertiary/aromatic N) is 2. The summed E-state index contributed by atoms with van der Waals surface area (Å²) in [4.78, 5) is 27.2. The van der Waals surface area contributed by atoms with Gasteiger partial charge < -0.3 is 20.9 Å². The van der Waals surface area contributed by atoms with Crippen molar-refractivity contribution in [2.75, 3.05) is 13.1 Å². The molecule has 1 saturated heterocycles. The Morgan fingerprint density at radius 3 is 2.46 bits per heavy atom. The first-order chi connectivity index (χ1) is 12.4. The largest absolute Gasteiger partial charge is 0.351 e. The third-order valence-electron chi connectivity index (χ3n) is 4.79. The highest BCUT2D eigenvalue weighted by Crippen LogP contribution is 2.31. The van der Waals surface area contributed by atoms with Gasteiger partial charge in [0.25, 0.3) is 0 Å². The van der Waals surface area contributed by atoms with Crippen LogP contribution in [0.25, 0.3) is 0 Å². The zero-order chi connectivity index (χ0) is 18.8. The van der Waals surface area contributed by atoms with E-state index in [-0.39, 0.29) is 24.2 Å². The molecule has 26 heavy (non-hydrogen) atoms. The Bertz CT molecular complexity index is 711. The van der Waals surface area contributed by atoms with Crippen LogP contribution in [0.4, 0.5) is 22.8 Å². The Hall–Kier alpha value is -2.45. The van der Waals surface area contributed by atoms with E-state index in [1.54, 1.807) is 4.90 Å². The molecule has 4 amide bonds. The summed E-state index contributed by atoms with van der Waals surface area (Å²) in [6, 6.07) is 0.263. The summed E-state index contributed by atoms with van der Waals surface area (Å²) in [6.45, 7) is 0.580. The monoisotopic (exact) mass is 370 g/mol. The number of benzene rings is 1. The maximum absolute atomic E-state index is 13.6. The van der Waals surface area contributed by atoms with E-state index in [9.17, 15) is 22.8 Å². The number of piperidine rings is 1. The molecule has 3 N–H and O–H groups in total. The molecule has 0 bridgehead atoms. The normalized spacial score (nSPS) is 20.0. The second-order valence-electron chi connectivity index (χ2n) is 6.74. The number of hydrogen-bond acceptors (Lipinski definition) is 2. The molecular formula is C17H21F3N4O2. The summed E-state index contributed by atoms with van der Waals surface area (Å²) < 4.78 is 39.8. The number of primary amides is 1. The highest BCUT2D eigenvalue weighted by molar-refractivity contribution is 5.75. The van der Waals surface area contributed by atoms with Crippen LogP contribution >= 0.6 is 0 Å². The third-order valence-corrected chi connectivity index (χ3v) is 4.79. The second kappa shape index (κ2) is 7.43. The molecule has 0 radical (unpaired) electrons. The van der Waals surface area contributed by atoms with Crippen LogP contribution < -0.4 is 11.1 Å². The van der Waals surface area contributed by atoms with E-state index in [4.69, 9.17) is 5.73 Å². The zero-order valence-electron chi connectivity index (χ0n) is 14.2. The molecule has 1 aromatic carbocycles. The fraction of sp³-hybridized carbons (Fsp3) is 0.529. The quantitative estimate of drug-likeness (QED) is 0.798. The Morgan fingerprint density at radius 2 is 1.81 bits per heavy atom. The van der Waals surface area contributed by atoms with Crippen LogP contribution in [0.3, 0.4) is 0 Å². The highest BCUT2D eigenvalue weighted by Gasteiger charge is 2.38. The molecule has 1 aromatic rings. The number of urea groups is 2. The average Bonchev–Trinajstić information content (AvgIpc) is 3.41. The maximum Gasteiger partial charge on any atom is 0.317 e. The molecule has 1 saturated carbocycles. The Balaban J connectivity index is 1.59. The van der Waals surface area contributed by atoms with Crippen molar-refractivity contribution in [3.63, 3.8) is 0 Å². The first kappa shape index (κ1) is 18.3. The Morgan fingerprint density at radius 1 is 1.12 bits per heavy atom. The predicted octanol–water partition coefficient (Wildman–Crippen LogP) is 2.32. The molecule has 2 fully saturated rings. The average molecular weight is 370 g/mol. The summed E-state index contributed by atoms with van der Waals surface area (Å²) in [5.41, 5.74) is 5.33. The van der Waals surface area contributed by atoms with E-state index in [2.05, 4.69) is 5.32 Å². The lowest BCUT2D eigenvalue weighted by atomic mass is 10.0. The van der Waals surface area contributed by atoms with Gasteiger partial charge in [-0.15, -0.1) is 0 Å². The van der Waals surface area contributed by atoms with Gasteiger partial charge >= 0.3 is 12.1 Å². The van der Waals surface area contributed by atoms with Crippen LogP contribution in [0.2, 0.25) is 0 Å². The molecule has 0 aromatic heterocycles. The van der Waals surface area contributed by atoms with Crippen LogP contribution in [0, 0.1) is 17.5 Å². The van der Waals surface area contributed by atoms with Gasteiger partial charge in [-0.25, -0.2) is 22.8 Å². The van der Waals surface area contributed by atoms with E-state index in [1.807, 2.05) is 0 Å². The minimum Gasteiger partial charge on any atom is -0.351 e. The summed E-state index contributed by atoms with van der Waals surface area (Å²) in [6.07, 6.45) is 3.32. The number of likely N-dealkylation sites (tertiary alicyclic amines) is 1. The molecular weight excluding hydrogens is 349 g/mol. The van der Waals surface area contributed by atoms with E-state index in [0.717, 1.165) is 25.3 Å². The van der Waals surface area contributed by atoms with Crippen LogP contribution in [0.15, 0.2) is 12.1 Å². The summed E-state index contributed by atoms with van der Waals surface area (Å²) in [5, 5.41) is 2.51. The first-order valence-corrected chi connectivity index (χ1v) is 8.60. The SMILES string of the molecule is NC(=O)N(C1CC1)[C@@H]1CCCN(C(=O)NCc2cc(F)c(F)cc2F)C1. The van der Waals surface area contributed by atoms with E-state index in [1.165, 1.54) is 4.90 Å². The lowest BCUT2D eigenvalue weighted by Crippen LogP contribution is -2.55. The fourth-order valence-corrected chi connectivity index (χ4v) is 3.36. The van der Waals surface area contributed by atoms with Crippen LogP contribution in [0.5, 0.6) is 0 Å². The molecule has 1 atom stereocenters. The van der Waals surface area contributed by atoms with Gasteiger partial charge in [0.2, 0.25) is 0 Å². The van der Waals surface area contributed by atoms with Crippen LogP contribution in [-0.2, 0) is 6.54 Å². The molecule has 142 valence electrons.